The zero-order valence-electron chi connectivity index (χ0n) is 8.00. The van der Waals surface area contributed by atoms with E-state index >= 15 is 0 Å². The minimum atomic E-state index is 0. The molecule has 5 heteroatoms. The van der Waals surface area contributed by atoms with Crippen molar-refractivity contribution >= 4 is 18.3 Å². The minimum Gasteiger partial charge on any atom is -0.378 e. The molecular weight excluding hydrogens is 192 g/mol. The number of hydrogen-bond donors (Lipinski definition) is 2. The van der Waals surface area contributed by atoms with Crippen LogP contribution in [0.5, 0.6) is 0 Å². The average Bonchev–Trinajstić information content (AvgIpc) is 2.51. The van der Waals surface area contributed by atoms with Gasteiger partial charge in [0, 0.05) is 26.6 Å². The van der Waals surface area contributed by atoms with Gasteiger partial charge >= 0.3 is 0 Å². The number of amides is 1. The zero-order valence-corrected chi connectivity index (χ0v) is 8.82. The lowest BCUT2D eigenvalue weighted by Crippen LogP contribution is -2.43. The van der Waals surface area contributed by atoms with Crippen LogP contribution < -0.4 is 10.6 Å². The van der Waals surface area contributed by atoms with Crippen molar-refractivity contribution < 1.29 is 9.53 Å². The van der Waals surface area contributed by atoms with Gasteiger partial charge in [0.05, 0.1) is 12.1 Å². The first-order valence-electron chi connectivity index (χ1n) is 4.30. The van der Waals surface area contributed by atoms with Gasteiger partial charge < -0.3 is 15.4 Å². The molecule has 1 saturated heterocycles. The van der Waals surface area contributed by atoms with E-state index in [1.807, 2.05) is 6.92 Å². The first-order valence-corrected chi connectivity index (χ1v) is 4.30. The third-order valence-corrected chi connectivity index (χ3v) is 2.13. The van der Waals surface area contributed by atoms with Gasteiger partial charge in [0.25, 0.3) is 0 Å². The fourth-order valence-electron chi connectivity index (χ4n) is 1.36. The van der Waals surface area contributed by atoms with Crippen LogP contribution in [0.3, 0.4) is 0 Å². The highest BCUT2D eigenvalue weighted by Gasteiger charge is 2.27. The summed E-state index contributed by atoms with van der Waals surface area (Å²) >= 11 is 0. The molecule has 0 radical (unpaired) electrons. The highest BCUT2D eigenvalue weighted by Crippen LogP contribution is 2.03. The molecule has 4 nitrogen and oxygen atoms in total. The predicted molar refractivity (Wildman–Crippen MR) is 53.1 cm³/mol. The molecule has 0 spiro atoms. The molecule has 2 atom stereocenters. The Morgan fingerprint density at radius 2 is 2.31 bits per heavy atom. The minimum absolute atomic E-state index is 0. The summed E-state index contributed by atoms with van der Waals surface area (Å²) in [6, 6.07) is 0.141. The number of carbonyl (C=O) groups excluding carboxylic acids is 1. The van der Waals surface area contributed by atoms with Crippen LogP contribution in [0, 0.1) is 0 Å². The third kappa shape index (κ3) is 3.50. The number of halogens is 1. The van der Waals surface area contributed by atoms with Crippen LogP contribution in [-0.2, 0) is 9.53 Å². The van der Waals surface area contributed by atoms with Gasteiger partial charge in [-0.15, -0.1) is 12.4 Å². The normalized spacial score (nSPS) is 26.6. The fraction of sp³-hybridized carbons (Fsp3) is 0.875. The zero-order chi connectivity index (χ0) is 8.97. The number of carbonyl (C=O) groups is 1. The van der Waals surface area contributed by atoms with Gasteiger partial charge in [-0.25, -0.2) is 0 Å². The highest BCUT2D eigenvalue weighted by molar-refractivity contribution is 5.85. The SMILES string of the molecule is CCC(=O)N[C@H]1CNC[C@@H]1OC.Cl. The second-order valence-corrected chi connectivity index (χ2v) is 2.96. The Morgan fingerprint density at radius 3 is 2.85 bits per heavy atom. The van der Waals surface area contributed by atoms with E-state index in [0.717, 1.165) is 13.1 Å². The summed E-state index contributed by atoms with van der Waals surface area (Å²) in [4.78, 5) is 11.0. The Hall–Kier alpha value is -0.320. The van der Waals surface area contributed by atoms with Gasteiger partial charge in [-0.05, 0) is 0 Å². The lowest BCUT2D eigenvalue weighted by atomic mass is 10.2. The number of ether oxygens (including phenoxy) is 1. The smallest absolute Gasteiger partial charge is 0.220 e. The van der Waals surface area contributed by atoms with Crippen molar-refractivity contribution in [1.82, 2.24) is 10.6 Å². The van der Waals surface area contributed by atoms with Crippen molar-refractivity contribution in [2.45, 2.75) is 25.5 Å². The predicted octanol–water partition coefficient (Wildman–Crippen LogP) is -0.0788. The van der Waals surface area contributed by atoms with E-state index in [9.17, 15) is 4.79 Å². The highest BCUT2D eigenvalue weighted by atomic mass is 35.5. The summed E-state index contributed by atoms with van der Waals surface area (Å²) in [7, 11) is 1.67. The third-order valence-electron chi connectivity index (χ3n) is 2.13. The molecule has 1 amide bonds. The molecule has 1 aliphatic rings. The van der Waals surface area contributed by atoms with Crippen molar-refractivity contribution in [3.8, 4) is 0 Å². The molecule has 0 unspecified atom stereocenters. The Labute approximate surface area is 84.8 Å². The van der Waals surface area contributed by atoms with Crippen molar-refractivity contribution in [2.24, 2.45) is 0 Å². The van der Waals surface area contributed by atoms with Crippen LogP contribution >= 0.6 is 12.4 Å². The molecule has 0 saturated carbocycles. The molecule has 0 aromatic rings. The van der Waals surface area contributed by atoms with E-state index < -0.39 is 0 Å². The largest absolute Gasteiger partial charge is 0.378 e. The van der Waals surface area contributed by atoms with E-state index in [4.69, 9.17) is 4.74 Å². The fourth-order valence-corrected chi connectivity index (χ4v) is 1.36. The van der Waals surface area contributed by atoms with Gasteiger partial charge in [0.2, 0.25) is 5.91 Å². The maximum atomic E-state index is 11.0. The summed E-state index contributed by atoms with van der Waals surface area (Å²) in [6.07, 6.45) is 0.660. The average molecular weight is 209 g/mol. The molecule has 13 heavy (non-hydrogen) atoms. The molecule has 1 aliphatic heterocycles. The summed E-state index contributed by atoms with van der Waals surface area (Å²) in [6.45, 7) is 3.48. The van der Waals surface area contributed by atoms with Gasteiger partial charge in [-0.3, -0.25) is 4.79 Å². The topological polar surface area (TPSA) is 50.4 Å². The Bertz CT molecular complexity index is 166. The quantitative estimate of drug-likeness (QED) is 0.683. The number of nitrogens with one attached hydrogen (secondary N) is 2. The lowest BCUT2D eigenvalue weighted by molar-refractivity contribution is -0.122. The second-order valence-electron chi connectivity index (χ2n) is 2.96. The molecule has 2 N–H and O–H groups in total. The van der Waals surface area contributed by atoms with Crippen LogP contribution in [0.2, 0.25) is 0 Å². The monoisotopic (exact) mass is 208 g/mol. The van der Waals surface area contributed by atoms with Crippen molar-refractivity contribution in [3.63, 3.8) is 0 Å². The van der Waals surface area contributed by atoms with Crippen LogP contribution in [0.25, 0.3) is 0 Å². The molecule has 0 aromatic carbocycles. The standard InChI is InChI=1S/C8H16N2O2.ClH/c1-3-8(11)10-6-4-9-5-7(6)12-2;/h6-7,9H,3-5H2,1-2H3,(H,10,11);1H/t6-,7-;/m0./s1. The summed E-state index contributed by atoms with van der Waals surface area (Å²) in [5.41, 5.74) is 0. The maximum absolute atomic E-state index is 11.0. The Morgan fingerprint density at radius 1 is 1.62 bits per heavy atom. The van der Waals surface area contributed by atoms with Crippen LogP contribution in [0.1, 0.15) is 13.3 Å². The van der Waals surface area contributed by atoms with E-state index in [0.29, 0.717) is 6.42 Å². The van der Waals surface area contributed by atoms with Crippen LogP contribution in [0.4, 0.5) is 0 Å². The van der Waals surface area contributed by atoms with Crippen molar-refractivity contribution in [2.75, 3.05) is 20.2 Å². The summed E-state index contributed by atoms with van der Waals surface area (Å²) < 4.78 is 5.19. The maximum Gasteiger partial charge on any atom is 0.220 e. The van der Waals surface area contributed by atoms with E-state index in [1.165, 1.54) is 0 Å². The van der Waals surface area contributed by atoms with Crippen LogP contribution in [-0.4, -0.2) is 38.3 Å². The first kappa shape index (κ1) is 12.7. The Kier molecular flexibility index (Phi) is 6.03. The van der Waals surface area contributed by atoms with Gasteiger partial charge in [0.15, 0.2) is 0 Å². The molecular formula is C8H17ClN2O2. The van der Waals surface area contributed by atoms with Crippen molar-refractivity contribution in [3.05, 3.63) is 0 Å². The molecule has 0 aromatic heterocycles. The molecule has 1 heterocycles. The van der Waals surface area contributed by atoms with E-state index in [1.54, 1.807) is 7.11 Å². The van der Waals surface area contributed by atoms with Gasteiger partial charge in [0.1, 0.15) is 0 Å². The molecule has 78 valence electrons. The lowest BCUT2D eigenvalue weighted by Gasteiger charge is -2.17. The molecule has 1 rings (SSSR count). The second kappa shape index (κ2) is 6.18. The van der Waals surface area contributed by atoms with Gasteiger partial charge in [-0.1, -0.05) is 6.92 Å². The van der Waals surface area contributed by atoms with Gasteiger partial charge in [-0.2, -0.15) is 0 Å². The first-order chi connectivity index (χ1) is 5.77. The molecule has 0 aliphatic carbocycles. The summed E-state index contributed by atoms with van der Waals surface area (Å²) in [5, 5.41) is 6.07. The Balaban J connectivity index is 0.00000144. The number of rotatable bonds is 3. The van der Waals surface area contributed by atoms with Crippen LogP contribution in [0.15, 0.2) is 0 Å². The number of hydrogen-bond acceptors (Lipinski definition) is 3. The molecule has 0 bridgehead atoms. The summed E-state index contributed by atoms with van der Waals surface area (Å²) in [5.74, 6) is 0.0887. The van der Waals surface area contributed by atoms with E-state index in [-0.39, 0.29) is 30.5 Å². The number of methoxy groups -OCH3 is 1. The van der Waals surface area contributed by atoms with Crippen molar-refractivity contribution in [1.29, 1.82) is 0 Å². The van der Waals surface area contributed by atoms with E-state index in [2.05, 4.69) is 10.6 Å². The molecule has 1 fully saturated rings.